The minimum Gasteiger partial charge on any atom is -0.497 e. The summed E-state index contributed by atoms with van der Waals surface area (Å²) in [7, 11) is 1.68. The molecule has 1 amide bonds. The van der Waals surface area contributed by atoms with E-state index in [0.29, 0.717) is 23.9 Å². The molecular weight excluding hydrogens is 317 g/mol. The average molecular weight is 341 g/mol. The molecule has 0 heterocycles. The molecule has 2 aromatic rings. The molecular formula is C21H24FNO2. The summed E-state index contributed by atoms with van der Waals surface area (Å²) in [6.07, 6.45) is 4.88. The fourth-order valence-electron chi connectivity index (χ4n) is 3.58. The van der Waals surface area contributed by atoms with E-state index in [0.717, 1.165) is 31.4 Å². The number of nitrogens with one attached hydrogen (secondary N) is 1. The number of anilines is 1. The molecule has 1 aliphatic carbocycles. The van der Waals surface area contributed by atoms with Crippen molar-refractivity contribution in [2.24, 2.45) is 5.92 Å². The lowest BCUT2D eigenvalue weighted by molar-refractivity contribution is -0.117. The molecule has 1 N–H and O–H groups in total. The fraction of sp³-hybridized carbons (Fsp3) is 0.381. The van der Waals surface area contributed by atoms with Gasteiger partial charge >= 0.3 is 0 Å². The van der Waals surface area contributed by atoms with E-state index >= 15 is 0 Å². The molecule has 0 bridgehead atoms. The summed E-state index contributed by atoms with van der Waals surface area (Å²) in [6.45, 7) is 0. The number of hydrogen-bond acceptors (Lipinski definition) is 2. The number of methoxy groups -OCH3 is 1. The van der Waals surface area contributed by atoms with Crippen LogP contribution in [0.3, 0.4) is 0 Å². The zero-order valence-electron chi connectivity index (χ0n) is 14.5. The molecule has 0 spiro atoms. The Morgan fingerprint density at radius 2 is 1.68 bits per heavy atom. The highest BCUT2D eigenvalue weighted by atomic mass is 19.1. The van der Waals surface area contributed by atoms with E-state index in [9.17, 15) is 9.18 Å². The molecule has 4 heteroatoms. The molecule has 1 saturated carbocycles. The van der Waals surface area contributed by atoms with Crippen LogP contribution in [0.5, 0.6) is 5.75 Å². The second-order valence-electron chi connectivity index (χ2n) is 6.75. The van der Waals surface area contributed by atoms with Crippen molar-refractivity contribution < 1.29 is 13.9 Å². The van der Waals surface area contributed by atoms with Gasteiger partial charge in [-0.15, -0.1) is 0 Å². The van der Waals surface area contributed by atoms with Crippen molar-refractivity contribution in [3.63, 3.8) is 0 Å². The Morgan fingerprint density at radius 1 is 1.04 bits per heavy atom. The van der Waals surface area contributed by atoms with E-state index in [1.165, 1.54) is 17.7 Å². The number of ether oxygens (including phenoxy) is 1. The zero-order valence-corrected chi connectivity index (χ0v) is 14.5. The highest BCUT2D eigenvalue weighted by molar-refractivity contribution is 5.90. The van der Waals surface area contributed by atoms with Crippen molar-refractivity contribution in [2.45, 2.75) is 38.0 Å². The lowest BCUT2D eigenvalue weighted by Crippen LogP contribution is -2.20. The number of amides is 1. The molecule has 1 aliphatic rings. The van der Waals surface area contributed by atoms with Crippen LogP contribution >= 0.6 is 0 Å². The molecule has 0 unspecified atom stereocenters. The van der Waals surface area contributed by atoms with E-state index in [4.69, 9.17) is 4.74 Å². The normalized spacial score (nSPS) is 20.1. The van der Waals surface area contributed by atoms with Crippen molar-refractivity contribution in [3.8, 4) is 5.75 Å². The van der Waals surface area contributed by atoms with Crippen LogP contribution in [0, 0.1) is 11.7 Å². The van der Waals surface area contributed by atoms with Crippen molar-refractivity contribution in [1.82, 2.24) is 0 Å². The van der Waals surface area contributed by atoms with Crippen molar-refractivity contribution in [3.05, 3.63) is 59.9 Å². The summed E-state index contributed by atoms with van der Waals surface area (Å²) in [6, 6.07) is 14.2. The van der Waals surface area contributed by atoms with E-state index in [-0.39, 0.29) is 11.7 Å². The maximum absolute atomic E-state index is 12.9. The van der Waals surface area contributed by atoms with Gasteiger partial charge in [-0.25, -0.2) is 4.39 Å². The SMILES string of the molecule is COc1ccc([C@H]2CC[C@H](CC(=O)Nc3ccc(F)cc3)CC2)cc1. The molecule has 3 nitrogen and oxygen atoms in total. The maximum Gasteiger partial charge on any atom is 0.224 e. The Kier molecular flexibility index (Phi) is 5.69. The second kappa shape index (κ2) is 8.15. The monoisotopic (exact) mass is 341 g/mol. The Hall–Kier alpha value is -2.36. The minimum absolute atomic E-state index is 0.0134. The Balaban J connectivity index is 1.46. The molecule has 0 atom stereocenters. The number of carbonyl (C=O) groups is 1. The van der Waals surface area contributed by atoms with Gasteiger partial charge in [-0.3, -0.25) is 4.79 Å². The zero-order chi connectivity index (χ0) is 17.6. The third kappa shape index (κ3) is 4.81. The van der Waals surface area contributed by atoms with Crippen LogP contribution in [-0.2, 0) is 4.79 Å². The predicted octanol–water partition coefficient (Wildman–Crippen LogP) is 5.14. The third-order valence-electron chi connectivity index (χ3n) is 5.04. The fourth-order valence-corrected chi connectivity index (χ4v) is 3.58. The van der Waals surface area contributed by atoms with Gasteiger partial charge in [0.1, 0.15) is 11.6 Å². The van der Waals surface area contributed by atoms with Crippen LogP contribution in [0.25, 0.3) is 0 Å². The highest BCUT2D eigenvalue weighted by Crippen LogP contribution is 2.37. The Bertz CT molecular complexity index is 689. The summed E-state index contributed by atoms with van der Waals surface area (Å²) >= 11 is 0. The predicted molar refractivity (Wildman–Crippen MR) is 97.3 cm³/mol. The summed E-state index contributed by atoms with van der Waals surface area (Å²) in [5, 5.41) is 2.85. The van der Waals surface area contributed by atoms with Gasteiger partial charge in [0.2, 0.25) is 5.91 Å². The van der Waals surface area contributed by atoms with Crippen molar-refractivity contribution in [1.29, 1.82) is 0 Å². The van der Waals surface area contributed by atoms with Gasteiger partial charge in [0, 0.05) is 12.1 Å². The van der Waals surface area contributed by atoms with E-state index < -0.39 is 0 Å². The van der Waals surface area contributed by atoms with Gasteiger partial charge in [0.25, 0.3) is 0 Å². The number of benzene rings is 2. The van der Waals surface area contributed by atoms with Crippen LogP contribution in [0.1, 0.15) is 43.6 Å². The first-order valence-corrected chi connectivity index (χ1v) is 8.83. The van der Waals surface area contributed by atoms with Gasteiger partial charge < -0.3 is 10.1 Å². The smallest absolute Gasteiger partial charge is 0.224 e. The van der Waals surface area contributed by atoms with Gasteiger partial charge in [-0.1, -0.05) is 12.1 Å². The van der Waals surface area contributed by atoms with Crippen LogP contribution < -0.4 is 10.1 Å². The molecule has 1 fully saturated rings. The molecule has 132 valence electrons. The Labute approximate surface area is 148 Å². The van der Waals surface area contributed by atoms with Gasteiger partial charge in [0.15, 0.2) is 0 Å². The van der Waals surface area contributed by atoms with Crippen molar-refractivity contribution in [2.75, 3.05) is 12.4 Å². The first-order valence-electron chi connectivity index (χ1n) is 8.83. The average Bonchev–Trinajstić information content (AvgIpc) is 2.64. The van der Waals surface area contributed by atoms with E-state index in [2.05, 4.69) is 17.4 Å². The number of hydrogen-bond donors (Lipinski definition) is 1. The molecule has 25 heavy (non-hydrogen) atoms. The molecule has 3 rings (SSSR count). The minimum atomic E-state index is -0.296. The Morgan fingerprint density at radius 3 is 2.28 bits per heavy atom. The van der Waals surface area contributed by atoms with Crippen LogP contribution in [0.15, 0.2) is 48.5 Å². The lowest BCUT2D eigenvalue weighted by Gasteiger charge is -2.28. The third-order valence-corrected chi connectivity index (χ3v) is 5.04. The largest absolute Gasteiger partial charge is 0.497 e. The van der Waals surface area contributed by atoms with Crippen LogP contribution in [0.4, 0.5) is 10.1 Å². The van der Waals surface area contributed by atoms with Gasteiger partial charge in [0.05, 0.1) is 7.11 Å². The van der Waals surface area contributed by atoms with Gasteiger partial charge in [-0.2, -0.15) is 0 Å². The summed E-state index contributed by atoms with van der Waals surface area (Å²) in [5.74, 6) is 1.60. The summed E-state index contributed by atoms with van der Waals surface area (Å²) in [5.41, 5.74) is 2.01. The highest BCUT2D eigenvalue weighted by Gasteiger charge is 2.24. The number of carbonyl (C=O) groups excluding carboxylic acids is 1. The molecule has 0 saturated heterocycles. The molecule has 0 aromatic heterocycles. The van der Waals surface area contributed by atoms with Gasteiger partial charge in [-0.05, 0) is 79.5 Å². The molecule has 2 aromatic carbocycles. The van der Waals surface area contributed by atoms with Crippen LogP contribution in [0.2, 0.25) is 0 Å². The summed E-state index contributed by atoms with van der Waals surface area (Å²) < 4.78 is 18.1. The standard InChI is InChI=1S/C21H24FNO2/c1-25-20-12-6-17(7-13-20)16-4-2-15(3-5-16)14-21(24)23-19-10-8-18(22)9-11-19/h6-13,15-16H,2-5,14H2,1H3,(H,23,24)/t15-,16-. The topological polar surface area (TPSA) is 38.3 Å². The van der Waals surface area contributed by atoms with E-state index in [1.807, 2.05) is 12.1 Å². The number of rotatable bonds is 5. The quantitative estimate of drug-likeness (QED) is 0.818. The summed E-state index contributed by atoms with van der Waals surface area (Å²) in [4.78, 5) is 12.2. The van der Waals surface area contributed by atoms with E-state index in [1.54, 1.807) is 19.2 Å². The molecule has 0 radical (unpaired) electrons. The second-order valence-corrected chi connectivity index (χ2v) is 6.75. The maximum atomic E-state index is 12.9. The van der Waals surface area contributed by atoms with Crippen LogP contribution in [-0.4, -0.2) is 13.0 Å². The van der Waals surface area contributed by atoms with Crippen molar-refractivity contribution >= 4 is 11.6 Å². The first kappa shape index (κ1) is 17.5. The lowest BCUT2D eigenvalue weighted by atomic mass is 9.77. The molecule has 0 aliphatic heterocycles. The number of halogens is 1. The first-order chi connectivity index (χ1) is 12.1.